The van der Waals surface area contributed by atoms with Crippen LogP contribution in [0.25, 0.3) is 111 Å². The Morgan fingerprint density at radius 2 is 0.684 bits per heavy atom. The van der Waals surface area contributed by atoms with E-state index in [0.29, 0.717) is 5.92 Å². The molecule has 5 aromatic heterocycles. The molecule has 1 aliphatic carbocycles. The predicted molar refractivity (Wildman–Crippen MR) is 486 cm³/mol. The van der Waals surface area contributed by atoms with Crippen molar-refractivity contribution in [1.29, 1.82) is 0 Å². The Labute approximate surface area is 683 Å². The standard InChI is InChI=1S/C25H30N.C23H28N.C22H26N.C20H22N.C19H20N/c1-17-14-18(2)19(3)23(15-17)25-13-12-22-21(16-20-8-5-6-9-20)10-7-11-24(22)26(25)4;1-15(2)12-19-8-7-9-22-20(19)10-11-23(24(22)6)21-14-16(3)13-17(4)18(21)5;1-16-10-6-7-11-18(16)21-14-17(15-22(2,3)4)19-12-8-9-13-20(19)23(21)5;1-4-9-16-14-20(17-11-6-5-10-15(17)2)21(3)19-13-8-7-12-18(16)19;1-13-11-14(2)15(3)17(12-13)19-10-9-16-7-5-6-8-18(16)20(19)4/h7,10-15,20H,5-6,8-9,16H2,1-4H3;7-11,13-15H,12H2,1-6H3;6-14H,15H2,1-5H3;5-8,10-14H,4,9H2,1-3H3;5-12H,1-4H3/q5*+1. The lowest BCUT2D eigenvalue weighted by Crippen LogP contribution is -2.33. The van der Waals surface area contributed by atoms with E-state index < -0.39 is 0 Å². The molecule has 5 nitrogen and oxygen atoms in total. The molecule has 15 aromatic rings. The van der Waals surface area contributed by atoms with Gasteiger partial charge in [-0.2, -0.15) is 22.8 Å². The minimum Gasteiger partial charge on any atom is -0.194 e. The SMILES string of the molecule is CCCc1cc(-c2ccccc2C)[n+](C)c2ccccc12.Cc1cc(C)c(C)c(-c2ccc3c(CC(C)C)cccc3[n+]2C)c1.Cc1cc(C)c(C)c(-c2ccc3c(CC4CCCC4)cccc3[n+]2C)c1.Cc1cc(C)c(C)c(-c2ccc3ccccc3[n+]2C)c1.Cc1ccccc1-c1cc(CC(C)(C)C)c2ccccc2[n+]1C. The van der Waals surface area contributed by atoms with Crippen LogP contribution in [0.1, 0.15) is 157 Å². The van der Waals surface area contributed by atoms with Gasteiger partial charge in [-0.25, -0.2) is 0 Å². The number of para-hydroxylation sites is 3. The first-order valence-corrected chi connectivity index (χ1v) is 42.0. The Morgan fingerprint density at radius 1 is 0.325 bits per heavy atom. The molecule has 0 radical (unpaired) electrons. The monoisotopic (exact) mass is 1500 g/mol. The molecule has 1 aliphatic rings. The highest BCUT2D eigenvalue weighted by molar-refractivity contribution is 5.86. The maximum atomic E-state index is 2.38. The molecule has 10 aromatic carbocycles. The third-order valence-electron chi connectivity index (χ3n) is 24.2. The Kier molecular flexibility index (Phi) is 26.2. The maximum Gasteiger partial charge on any atom is 0.213 e. The molecule has 5 heterocycles. The van der Waals surface area contributed by atoms with Crippen LogP contribution in [0.5, 0.6) is 0 Å². The second-order valence-corrected chi connectivity index (χ2v) is 34.7. The van der Waals surface area contributed by atoms with Crippen LogP contribution >= 0.6 is 0 Å². The van der Waals surface area contributed by atoms with Gasteiger partial charge in [0.1, 0.15) is 35.2 Å². The third kappa shape index (κ3) is 18.5. The minimum atomic E-state index is 0.270. The van der Waals surface area contributed by atoms with Crippen LogP contribution in [-0.4, -0.2) is 0 Å². The summed E-state index contributed by atoms with van der Waals surface area (Å²) in [5.41, 5.74) is 40.6. The van der Waals surface area contributed by atoms with E-state index in [1.165, 1.54) is 233 Å². The Morgan fingerprint density at radius 3 is 1.13 bits per heavy atom. The van der Waals surface area contributed by atoms with E-state index in [1.807, 2.05) is 0 Å². The highest BCUT2D eigenvalue weighted by Gasteiger charge is 2.27. The van der Waals surface area contributed by atoms with Gasteiger partial charge in [-0.3, -0.25) is 0 Å². The molecular weight excluding hydrogens is 1380 g/mol. The zero-order chi connectivity index (χ0) is 81.4. The third-order valence-corrected chi connectivity index (χ3v) is 24.2. The van der Waals surface area contributed by atoms with Crippen molar-refractivity contribution < 1.29 is 22.8 Å². The molecule has 16 rings (SSSR count). The van der Waals surface area contributed by atoms with Crippen molar-refractivity contribution in [3.63, 3.8) is 0 Å². The van der Waals surface area contributed by atoms with Crippen LogP contribution in [0.2, 0.25) is 0 Å². The lowest BCUT2D eigenvalue weighted by atomic mass is 9.86. The van der Waals surface area contributed by atoms with E-state index in [0.717, 1.165) is 25.2 Å². The van der Waals surface area contributed by atoms with Crippen molar-refractivity contribution in [2.75, 3.05) is 0 Å². The summed E-state index contributed by atoms with van der Waals surface area (Å²) in [5, 5.41) is 6.81. The van der Waals surface area contributed by atoms with Gasteiger partial charge in [0.05, 0.1) is 0 Å². The highest BCUT2D eigenvalue weighted by Crippen LogP contribution is 2.36. The number of rotatable bonds is 12. The van der Waals surface area contributed by atoms with Crippen LogP contribution < -0.4 is 22.8 Å². The summed E-state index contributed by atoms with van der Waals surface area (Å²) in [6.45, 7) is 37.9. The van der Waals surface area contributed by atoms with Gasteiger partial charge >= 0.3 is 0 Å². The van der Waals surface area contributed by atoms with E-state index in [2.05, 4.69) is 418 Å². The lowest BCUT2D eigenvalue weighted by Gasteiger charge is -2.19. The first-order chi connectivity index (χ1) is 54.6. The zero-order valence-corrected chi connectivity index (χ0v) is 72.8. The van der Waals surface area contributed by atoms with Crippen LogP contribution in [-0.2, 0) is 60.9 Å². The molecule has 1 fully saturated rings. The second kappa shape index (κ2) is 36.2. The van der Waals surface area contributed by atoms with Gasteiger partial charge < -0.3 is 0 Å². The maximum absolute atomic E-state index is 2.38. The Hall–Kier alpha value is -10.8. The summed E-state index contributed by atoms with van der Waals surface area (Å²) < 4.78 is 11.7. The van der Waals surface area contributed by atoms with Crippen molar-refractivity contribution in [3.05, 3.63) is 326 Å². The molecule has 114 heavy (non-hydrogen) atoms. The molecule has 0 amide bonds. The topological polar surface area (TPSA) is 19.4 Å². The number of fused-ring (bicyclic) bond motifs is 5. The summed E-state index contributed by atoms with van der Waals surface area (Å²) in [4.78, 5) is 0. The zero-order valence-electron chi connectivity index (χ0n) is 72.8. The van der Waals surface area contributed by atoms with Gasteiger partial charge in [-0.05, 0) is 253 Å². The van der Waals surface area contributed by atoms with Crippen LogP contribution in [0, 0.1) is 93.4 Å². The van der Waals surface area contributed by atoms with Crippen molar-refractivity contribution in [2.24, 2.45) is 52.5 Å². The molecule has 1 saturated carbocycles. The number of hydrogen-bond donors (Lipinski definition) is 0. The predicted octanol–water partition coefficient (Wildman–Crippen LogP) is 25.5. The number of aromatic nitrogens is 5. The highest BCUT2D eigenvalue weighted by atomic mass is 15.0. The average molecular weight is 1510 g/mol. The molecule has 0 saturated heterocycles. The van der Waals surface area contributed by atoms with Gasteiger partial charge in [0.2, 0.25) is 56.1 Å². The van der Waals surface area contributed by atoms with Crippen molar-refractivity contribution >= 4 is 54.5 Å². The molecule has 0 unspecified atom stereocenters. The quantitative estimate of drug-likeness (QED) is 0.109. The van der Waals surface area contributed by atoms with Crippen molar-refractivity contribution in [1.82, 2.24) is 0 Å². The van der Waals surface area contributed by atoms with E-state index >= 15 is 0 Å². The van der Waals surface area contributed by atoms with E-state index in [4.69, 9.17) is 0 Å². The van der Waals surface area contributed by atoms with Gasteiger partial charge in [-0.1, -0.05) is 206 Å². The fourth-order valence-corrected chi connectivity index (χ4v) is 17.8. The van der Waals surface area contributed by atoms with E-state index in [-0.39, 0.29) is 5.41 Å². The molecular formula is C109H126N5+5. The first kappa shape index (κ1) is 82.7. The molecule has 0 aliphatic heterocycles. The normalized spacial score (nSPS) is 12.2. The molecule has 582 valence electrons. The number of pyridine rings is 5. The summed E-state index contributed by atoms with van der Waals surface area (Å²) in [6.07, 6.45) is 11.4. The summed E-state index contributed by atoms with van der Waals surface area (Å²) in [7, 11) is 10.9. The molecule has 0 atom stereocenters. The largest absolute Gasteiger partial charge is 0.213 e. The second-order valence-electron chi connectivity index (χ2n) is 34.7. The number of nitrogens with zero attached hydrogens (tertiary/aromatic N) is 5. The number of hydrogen-bond acceptors (Lipinski definition) is 0. The van der Waals surface area contributed by atoms with E-state index in [1.54, 1.807) is 0 Å². The summed E-state index contributed by atoms with van der Waals surface area (Å²) in [6, 6.07) is 89.0. The van der Waals surface area contributed by atoms with Crippen LogP contribution in [0.3, 0.4) is 0 Å². The Bertz CT molecular complexity index is 6010. The van der Waals surface area contributed by atoms with Gasteiger partial charge in [0.15, 0.2) is 0 Å². The molecule has 5 heteroatoms. The molecule has 0 N–H and O–H groups in total. The minimum absolute atomic E-state index is 0.270. The molecule has 0 spiro atoms. The van der Waals surface area contributed by atoms with E-state index in [9.17, 15) is 0 Å². The van der Waals surface area contributed by atoms with Crippen molar-refractivity contribution in [3.8, 4) is 56.3 Å². The molecule has 0 bridgehead atoms. The smallest absolute Gasteiger partial charge is 0.194 e. The number of aryl methyl sites for hydroxylation is 14. The van der Waals surface area contributed by atoms with Crippen molar-refractivity contribution in [2.45, 2.75) is 175 Å². The number of benzene rings is 10. The fourth-order valence-electron chi connectivity index (χ4n) is 17.8. The summed E-state index contributed by atoms with van der Waals surface area (Å²) >= 11 is 0. The summed E-state index contributed by atoms with van der Waals surface area (Å²) in [5.74, 6) is 1.55. The Balaban J connectivity index is 0.000000132. The van der Waals surface area contributed by atoms with Crippen LogP contribution in [0.4, 0.5) is 0 Å². The van der Waals surface area contributed by atoms with Crippen LogP contribution in [0.15, 0.2) is 243 Å². The first-order valence-electron chi connectivity index (χ1n) is 42.0. The van der Waals surface area contributed by atoms with Gasteiger partial charge in [-0.15, -0.1) is 0 Å². The fraction of sp³-hybridized carbons (Fsp3) is 0.312. The van der Waals surface area contributed by atoms with Gasteiger partial charge in [0, 0.05) is 115 Å². The lowest BCUT2D eigenvalue weighted by molar-refractivity contribution is -0.633. The average Bonchev–Trinajstić information content (AvgIpc) is 0.833. The van der Waals surface area contributed by atoms with Gasteiger partial charge in [0.25, 0.3) is 0 Å².